The minimum Gasteiger partial charge on any atom is -0.272 e. The lowest BCUT2D eigenvalue weighted by molar-refractivity contribution is 0.600. The summed E-state index contributed by atoms with van der Waals surface area (Å²) in [5.41, 5.74) is 1.41. The van der Waals surface area contributed by atoms with Crippen molar-refractivity contribution in [2.24, 2.45) is 0 Å². The maximum absolute atomic E-state index is 12.1. The molecule has 0 aliphatic heterocycles. The molecule has 0 saturated heterocycles. The quantitative estimate of drug-likeness (QED) is 0.906. The third-order valence-corrected chi connectivity index (χ3v) is 3.73. The average molecular weight is 281 g/mol. The van der Waals surface area contributed by atoms with Gasteiger partial charge >= 0.3 is 0 Å². The van der Waals surface area contributed by atoms with E-state index in [0.29, 0.717) is 17.9 Å². The predicted molar refractivity (Wildman–Crippen MR) is 70.2 cm³/mol. The van der Waals surface area contributed by atoms with E-state index in [9.17, 15) is 8.42 Å². The number of aryl methyl sites for hydroxylation is 3. The highest BCUT2D eigenvalue weighted by molar-refractivity contribution is 7.92. The summed E-state index contributed by atoms with van der Waals surface area (Å²) >= 11 is 0. The average Bonchev–Trinajstić information content (AvgIpc) is 2.75. The molecule has 0 aliphatic carbocycles. The summed E-state index contributed by atoms with van der Waals surface area (Å²) in [4.78, 5) is 8.18. The molecule has 0 aromatic carbocycles. The lowest BCUT2D eigenvalue weighted by Gasteiger charge is -2.06. The predicted octanol–water partition coefficient (Wildman–Crippen LogP) is 1.11. The minimum absolute atomic E-state index is 0.0711. The number of nitrogens with one attached hydrogen (secondary N) is 1. The van der Waals surface area contributed by atoms with Crippen LogP contribution in [-0.2, 0) is 16.6 Å². The summed E-state index contributed by atoms with van der Waals surface area (Å²) in [5.74, 6) is 0.0711. The normalized spacial score (nSPS) is 11.5. The summed E-state index contributed by atoms with van der Waals surface area (Å²) in [6.07, 6.45) is 2.76. The SMILES string of the molecule is CCn1cc(S(=O)(=O)Nc2nc(C)cc(C)n2)cn1. The van der Waals surface area contributed by atoms with Gasteiger partial charge in [-0.15, -0.1) is 0 Å². The van der Waals surface area contributed by atoms with Gasteiger partial charge in [0.1, 0.15) is 4.90 Å². The van der Waals surface area contributed by atoms with Crippen molar-refractivity contribution in [3.05, 3.63) is 29.8 Å². The molecule has 1 N–H and O–H groups in total. The maximum atomic E-state index is 12.1. The lowest BCUT2D eigenvalue weighted by Crippen LogP contribution is -2.15. The molecule has 0 atom stereocenters. The number of hydrogen-bond donors (Lipinski definition) is 1. The summed E-state index contributed by atoms with van der Waals surface area (Å²) in [7, 11) is -3.69. The molecule has 19 heavy (non-hydrogen) atoms. The Hall–Kier alpha value is -1.96. The van der Waals surface area contributed by atoms with Crippen LogP contribution in [0.15, 0.2) is 23.4 Å². The molecular weight excluding hydrogens is 266 g/mol. The van der Waals surface area contributed by atoms with E-state index in [1.165, 1.54) is 17.1 Å². The fraction of sp³-hybridized carbons (Fsp3) is 0.364. The van der Waals surface area contributed by atoms with Crippen molar-refractivity contribution in [1.82, 2.24) is 19.7 Å². The second kappa shape index (κ2) is 4.96. The standard InChI is InChI=1S/C11H15N5O2S/c1-4-16-7-10(6-12-16)19(17,18)15-11-13-8(2)5-9(3)14-11/h5-7H,4H2,1-3H3,(H,13,14,15). The smallest absolute Gasteiger partial charge is 0.267 e. The minimum atomic E-state index is -3.69. The molecule has 7 nitrogen and oxygen atoms in total. The number of hydrogen-bond acceptors (Lipinski definition) is 5. The monoisotopic (exact) mass is 281 g/mol. The number of anilines is 1. The van der Waals surface area contributed by atoms with Gasteiger partial charge in [-0.3, -0.25) is 4.68 Å². The van der Waals surface area contributed by atoms with Crippen molar-refractivity contribution in [2.75, 3.05) is 4.72 Å². The van der Waals surface area contributed by atoms with Crippen molar-refractivity contribution >= 4 is 16.0 Å². The highest BCUT2D eigenvalue weighted by Crippen LogP contribution is 2.13. The molecule has 2 heterocycles. The molecule has 0 radical (unpaired) electrons. The van der Waals surface area contributed by atoms with Crippen LogP contribution in [0.4, 0.5) is 5.95 Å². The zero-order valence-electron chi connectivity index (χ0n) is 11.0. The second-order valence-electron chi connectivity index (χ2n) is 4.11. The summed E-state index contributed by atoms with van der Waals surface area (Å²) in [6, 6.07) is 1.77. The first-order chi connectivity index (χ1) is 8.90. The number of sulfonamides is 1. The number of nitrogens with zero attached hydrogens (tertiary/aromatic N) is 4. The van der Waals surface area contributed by atoms with E-state index in [0.717, 1.165) is 0 Å². The second-order valence-corrected chi connectivity index (χ2v) is 5.79. The van der Waals surface area contributed by atoms with Crippen molar-refractivity contribution in [2.45, 2.75) is 32.2 Å². The zero-order chi connectivity index (χ0) is 14.0. The summed E-state index contributed by atoms with van der Waals surface area (Å²) < 4.78 is 28.1. The fourth-order valence-electron chi connectivity index (χ4n) is 1.61. The molecule has 2 rings (SSSR count). The lowest BCUT2D eigenvalue weighted by atomic mass is 10.4. The van der Waals surface area contributed by atoms with Gasteiger partial charge in [0.25, 0.3) is 10.0 Å². The van der Waals surface area contributed by atoms with Gasteiger partial charge in [0.2, 0.25) is 5.95 Å². The Morgan fingerprint density at radius 1 is 1.26 bits per heavy atom. The maximum Gasteiger partial charge on any atom is 0.267 e. The highest BCUT2D eigenvalue weighted by Gasteiger charge is 2.18. The molecule has 0 fully saturated rings. The highest BCUT2D eigenvalue weighted by atomic mass is 32.2. The van der Waals surface area contributed by atoms with Crippen molar-refractivity contribution in [1.29, 1.82) is 0 Å². The van der Waals surface area contributed by atoms with Crippen LogP contribution in [0.3, 0.4) is 0 Å². The van der Waals surface area contributed by atoms with Gasteiger partial charge in [-0.1, -0.05) is 0 Å². The Bertz CT molecular complexity index is 673. The molecule has 0 bridgehead atoms. The van der Waals surface area contributed by atoms with Gasteiger partial charge in [0.05, 0.1) is 6.20 Å². The fourth-order valence-corrected chi connectivity index (χ4v) is 2.50. The summed E-state index contributed by atoms with van der Waals surface area (Å²) in [6.45, 7) is 6.04. The Kier molecular flexibility index (Phi) is 3.52. The van der Waals surface area contributed by atoms with Crippen LogP contribution in [0.25, 0.3) is 0 Å². The van der Waals surface area contributed by atoms with Crippen LogP contribution in [0.2, 0.25) is 0 Å². The first kappa shape index (κ1) is 13.5. The van der Waals surface area contributed by atoms with Crippen molar-refractivity contribution in [3.8, 4) is 0 Å². The summed E-state index contributed by atoms with van der Waals surface area (Å²) in [5, 5.41) is 3.93. The first-order valence-corrected chi connectivity index (χ1v) is 7.26. The molecule has 0 saturated carbocycles. The Balaban J connectivity index is 2.30. The molecule has 0 spiro atoms. The number of aromatic nitrogens is 4. The van der Waals surface area contributed by atoms with Crippen molar-refractivity contribution < 1.29 is 8.42 Å². The Labute approximate surface area is 111 Å². The third kappa shape index (κ3) is 3.08. The van der Waals surface area contributed by atoms with Crippen LogP contribution in [0.1, 0.15) is 18.3 Å². The topological polar surface area (TPSA) is 89.8 Å². The van der Waals surface area contributed by atoms with Crippen LogP contribution in [0, 0.1) is 13.8 Å². The van der Waals surface area contributed by atoms with Gasteiger partial charge in [-0.25, -0.2) is 23.1 Å². The molecule has 8 heteroatoms. The van der Waals surface area contributed by atoms with Crippen LogP contribution in [-0.4, -0.2) is 28.2 Å². The zero-order valence-corrected chi connectivity index (χ0v) is 11.8. The van der Waals surface area contributed by atoms with E-state index in [1.54, 1.807) is 19.9 Å². The van der Waals surface area contributed by atoms with E-state index in [2.05, 4.69) is 19.8 Å². The van der Waals surface area contributed by atoms with Crippen molar-refractivity contribution in [3.63, 3.8) is 0 Å². The molecule has 0 aliphatic rings. The molecule has 2 aromatic heterocycles. The first-order valence-electron chi connectivity index (χ1n) is 5.78. The van der Waals surface area contributed by atoms with E-state index >= 15 is 0 Å². The molecule has 0 unspecified atom stereocenters. The van der Waals surface area contributed by atoms with Gasteiger partial charge in [-0.2, -0.15) is 5.10 Å². The van der Waals surface area contributed by atoms with Crippen LogP contribution in [0.5, 0.6) is 0 Å². The van der Waals surface area contributed by atoms with E-state index in [1.807, 2.05) is 6.92 Å². The Morgan fingerprint density at radius 3 is 2.42 bits per heavy atom. The molecule has 0 amide bonds. The molecular formula is C11H15N5O2S. The van der Waals surface area contributed by atoms with E-state index < -0.39 is 10.0 Å². The van der Waals surface area contributed by atoms with Gasteiger partial charge in [0.15, 0.2) is 0 Å². The van der Waals surface area contributed by atoms with Gasteiger partial charge in [-0.05, 0) is 26.8 Å². The van der Waals surface area contributed by atoms with E-state index in [4.69, 9.17) is 0 Å². The third-order valence-electron chi connectivity index (χ3n) is 2.45. The van der Waals surface area contributed by atoms with E-state index in [-0.39, 0.29) is 10.8 Å². The Morgan fingerprint density at radius 2 is 1.89 bits per heavy atom. The molecule has 2 aromatic rings. The van der Waals surface area contributed by atoms with Crippen LogP contribution < -0.4 is 4.72 Å². The number of rotatable bonds is 4. The molecule has 102 valence electrons. The largest absolute Gasteiger partial charge is 0.272 e. The van der Waals surface area contributed by atoms with Gasteiger partial charge < -0.3 is 0 Å². The van der Waals surface area contributed by atoms with Gasteiger partial charge in [0, 0.05) is 24.1 Å². The van der Waals surface area contributed by atoms with Crippen LogP contribution >= 0.6 is 0 Å².